The van der Waals surface area contributed by atoms with Gasteiger partial charge in [0.2, 0.25) is 11.8 Å². The topological polar surface area (TPSA) is 100 Å². The molecule has 4 rings (SSSR count). The van der Waals surface area contributed by atoms with Crippen LogP contribution in [0.3, 0.4) is 0 Å². The standard InChI is InChI=1S/C24H25N5O3S.ClH/c1-32-18-4-2-3-17(13-18)5-6-22(30)27-24-20(14-25)19-7-11-29(15-21(19)33-24)23(31)8-10-28-12-9-26-16-28;/h2-4,9,12-13,16H,5-8,10-11,15H2,1H3,(H,27,30);1H. The molecule has 0 spiro atoms. The van der Waals surface area contributed by atoms with Crippen LogP contribution in [0.1, 0.15) is 34.4 Å². The first kappa shape index (κ1) is 25.3. The van der Waals surface area contributed by atoms with E-state index < -0.39 is 0 Å². The van der Waals surface area contributed by atoms with Gasteiger partial charge in [-0.1, -0.05) is 12.1 Å². The molecule has 1 aliphatic heterocycles. The van der Waals surface area contributed by atoms with Crippen molar-refractivity contribution in [3.8, 4) is 11.8 Å². The zero-order valence-electron chi connectivity index (χ0n) is 18.8. The second-order valence-electron chi connectivity index (χ2n) is 7.84. The summed E-state index contributed by atoms with van der Waals surface area (Å²) in [6.07, 6.45) is 7.13. The summed E-state index contributed by atoms with van der Waals surface area (Å²) < 4.78 is 7.11. The SMILES string of the molecule is COc1cccc(CCC(=O)Nc2sc3c(c2C#N)CCN(C(=O)CCn2ccnc2)C3)c1.Cl. The number of aryl methyl sites for hydroxylation is 2. The fourth-order valence-electron chi connectivity index (χ4n) is 3.90. The Bertz CT molecular complexity index is 1190. The molecule has 10 heteroatoms. The van der Waals surface area contributed by atoms with Gasteiger partial charge in [-0.05, 0) is 36.1 Å². The van der Waals surface area contributed by atoms with Crippen LogP contribution in [0.2, 0.25) is 0 Å². The van der Waals surface area contributed by atoms with Crippen molar-refractivity contribution in [3.05, 3.63) is 64.6 Å². The predicted molar refractivity (Wildman–Crippen MR) is 132 cm³/mol. The highest BCUT2D eigenvalue weighted by atomic mass is 35.5. The van der Waals surface area contributed by atoms with E-state index in [9.17, 15) is 14.9 Å². The number of carbonyl (C=O) groups excluding carboxylic acids is 2. The minimum absolute atomic E-state index is 0. The Kier molecular flexibility index (Phi) is 8.68. The van der Waals surface area contributed by atoms with Gasteiger partial charge in [0.15, 0.2) is 0 Å². The van der Waals surface area contributed by atoms with Gasteiger partial charge in [-0.25, -0.2) is 4.98 Å². The molecule has 1 N–H and O–H groups in total. The zero-order valence-corrected chi connectivity index (χ0v) is 20.5. The molecule has 1 aromatic carbocycles. The largest absolute Gasteiger partial charge is 0.497 e. The molecule has 0 saturated carbocycles. The maximum atomic E-state index is 12.7. The van der Waals surface area contributed by atoms with E-state index in [1.165, 1.54) is 11.3 Å². The molecule has 3 aromatic rings. The van der Waals surface area contributed by atoms with Gasteiger partial charge in [-0.2, -0.15) is 5.26 Å². The van der Waals surface area contributed by atoms with E-state index in [0.717, 1.165) is 21.8 Å². The van der Waals surface area contributed by atoms with Crippen molar-refractivity contribution in [1.82, 2.24) is 14.5 Å². The molecule has 0 fully saturated rings. The fraction of sp³-hybridized carbons (Fsp3) is 0.333. The first-order valence-corrected chi connectivity index (χ1v) is 11.6. The Morgan fingerprint density at radius 1 is 1.32 bits per heavy atom. The maximum Gasteiger partial charge on any atom is 0.225 e. The lowest BCUT2D eigenvalue weighted by molar-refractivity contribution is -0.132. The molecular formula is C24H26ClN5O3S. The highest BCUT2D eigenvalue weighted by molar-refractivity contribution is 7.16. The molecule has 2 aromatic heterocycles. The number of hydrogen-bond acceptors (Lipinski definition) is 6. The number of methoxy groups -OCH3 is 1. The van der Waals surface area contributed by atoms with Crippen molar-refractivity contribution < 1.29 is 14.3 Å². The van der Waals surface area contributed by atoms with Crippen LogP contribution < -0.4 is 10.1 Å². The number of halogens is 1. The molecule has 0 unspecified atom stereocenters. The zero-order chi connectivity index (χ0) is 23.2. The van der Waals surface area contributed by atoms with Gasteiger partial charge in [0.05, 0.1) is 25.5 Å². The molecule has 0 atom stereocenters. The molecule has 34 heavy (non-hydrogen) atoms. The van der Waals surface area contributed by atoms with Crippen molar-refractivity contribution in [2.45, 2.75) is 38.8 Å². The van der Waals surface area contributed by atoms with E-state index in [0.29, 0.717) is 55.9 Å². The van der Waals surface area contributed by atoms with Crippen LogP contribution in [0.25, 0.3) is 0 Å². The maximum absolute atomic E-state index is 12.7. The van der Waals surface area contributed by atoms with Crippen molar-refractivity contribution in [3.63, 3.8) is 0 Å². The van der Waals surface area contributed by atoms with Crippen molar-refractivity contribution in [2.75, 3.05) is 19.0 Å². The summed E-state index contributed by atoms with van der Waals surface area (Å²) in [6, 6.07) is 9.89. The second-order valence-corrected chi connectivity index (χ2v) is 8.94. The summed E-state index contributed by atoms with van der Waals surface area (Å²) >= 11 is 1.40. The number of nitrogens with zero attached hydrogens (tertiary/aromatic N) is 4. The number of ether oxygens (including phenoxy) is 1. The number of rotatable bonds is 8. The Morgan fingerprint density at radius 2 is 2.18 bits per heavy atom. The number of aromatic nitrogens is 2. The molecule has 1 aliphatic rings. The Labute approximate surface area is 208 Å². The first-order valence-electron chi connectivity index (χ1n) is 10.8. The van der Waals surface area contributed by atoms with Gasteiger partial charge in [-0.3, -0.25) is 9.59 Å². The average molecular weight is 500 g/mol. The molecule has 0 saturated heterocycles. The number of benzene rings is 1. The van der Waals surface area contributed by atoms with Crippen LogP contribution in [0, 0.1) is 11.3 Å². The Hall–Kier alpha value is -3.35. The van der Waals surface area contributed by atoms with Gasteiger partial charge in [-0.15, -0.1) is 23.7 Å². The Balaban J connectivity index is 0.00000324. The van der Waals surface area contributed by atoms with E-state index in [1.54, 1.807) is 19.6 Å². The summed E-state index contributed by atoms with van der Waals surface area (Å²) in [4.78, 5) is 32.0. The molecule has 178 valence electrons. The van der Waals surface area contributed by atoms with E-state index in [1.807, 2.05) is 39.9 Å². The smallest absolute Gasteiger partial charge is 0.225 e. The van der Waals surface area contributed by atoms with E-state index in [-0.39, 0.29) is 24.2 Å². The third-order valence-corrected chi connectivity index (χ3v) is 6.82. The molecule has 8 nitrogen and oxygen atoms in total. The molecule has 0 aliphatic carbocycles. The first-order chi connectivity index (χ1) is 16.1. The summed E-state index contributed by atoms with van der Waals surface area (Å²) in [7, 11) is 1.61. The van der Waals surface area contributed by atoms with Crippen LogP contribution in [0.4, 0.5) is 5.00 Å². The Morgan fingerprint density at radius 3 is 2.91 bits per heavy atom. The number of nitriles is 1. The van der Waals surface area contributed by atoms with E-state index in [2.05, 4.69) is 16.4 Å². The third-order valence-electron chi connectivity index (χ3n) is 5.69. The highest BCUT2D eigenvalue weighted by Crippen LogP contribution is 2.37. The quantitative estimate of drug-likeness (QED) is 0.508. The second kappa shape index (κ2) is 11.7. The third kappa shape index (κ3) is 5.95. The van der Waals surface area contributed by atoms with Crippen molar-refractivity contribution >= 4 is 40.6 Å². The number of hydrogen-bond donors (Lipinski definition) is 1. The summed E-state index contributed by atoms with van der Waals surface area (Å²) in [6.45, 7) is 1.63. The summed E-state index contributed by atoms with van der Waals surface area (Å²) in [5, 5.41) is 13.2. The number of fused-ring (bicyclic) bond motifs is 1. The lowest BCUT2D eigenvalue weighted by Gasteiger charge is -2.27. The monoisotopic (exact) mass is 499 g/mol. The summed E-state index contributed by atoms with van der Waals surface area (Å²) in [5.74, 6) is 0.695. The fourth-order valence-corrected chi connectivity index (χ4v) is 5.13. The molecular weight excluding hydrogens is 474 g/mol. The van der Waals surface area contributed by atoms with Crippen LogP contribution in [0.15, 0.2) is 43.0 Å². The number of carbonyl (C=O) groups is 2. The van der Waals surface area contributed by atoms with E-state index in [4.69, 9.17) is 4.74 Å². The molecule has 0 radical (unpaired) electrons. The normalized spacial score (nSPS) is 12.3. The molecule has 3 heterocycles. The average Bonchev–Trinajstić information content (AvgIpc) is 3.48. The molecule has 0 bridgehead atoms. The van der Waals surface area contributed by atoms with E-state index >= 15 is 0 Å². The van der Waals surface area contributed by atoms with Crippen LogP contribution in [0.5, 0.6) is 5.75 Å². The number of imidazole rings is 1. The van der Waals surface area contributed by atoms with Crippen molar-refractivity contribution in [2.24, 2.45) is 0 Å². The van der Waals surface area contributed by atoms with Crippen LogP contribution >= 0.6 is 23.7 Å². The number of amides is 2. The number of nitrogens with one attached hydrogen (secondary N) is 1. The van der Waals surface area contributed by atoms with Crippen LogP contribution in [-0.2, 0) is 35.5 Å². The van der Waals surface area contributed by atoms with Gasteiger partial charge >= 0.3 is 0 Å². The summed E-state index contributed by atoms with van der Waals surface area (Å²) in [5.41, 5.74) is 2.49. The minimum atomic E-state index is -0.138. The number of thiophene rings is 1. The lowest BCUT2D eigenvalue weighted by atomic mass is 10.0. The highest BCUT2D eigenvalue weighted by Gasteiger charge is 2.27. The lowest BCUT2D eigenvalue weighted by Crippen LogP contribution is -2.35. The van der Waals surface area contributed by atoms with Crippen LogP contribution in [-0.4, -0.2) is 39.9 Å². The predicted octanol–water partition coefficient (Wildman–Crippen LogP) is 3.79. The number of anilines is 1. The molecule has 2 amide bonds. The van der Waals surface area contributed by atoms with Gasteiger partial charge in [0.25, 0.3) is 0 Å². The minimum Gasteiger partial charge on any atom is -0.497 e. The van der Waals surface area contributed by atoms with Gasteiger partial charge in [0, 0.05) is 43.2 Å². The van der Waals surface area contributed by atoms with Gasteiger partial charge in [0.1, 0.15) is 16.8 Å². The van der Waals surface area contributed by atoms with Gasteiger partial charge < -0.3 is 19.5 Å². The van der Waals surface area contributed by atoms with Crippen molar-refractivity contribution in [1.29, 1.82) is 5.26 Å².